The highest BCUT2D eigenvalue weighted by molar-refractivity contribution is 6.32. The number of benzene rings is 2. The maximum Gasteiger partial charge on any atom is 0.276 e. The Morgan fingerprint density at radius 1 is 1.08 bits per heavy atom. The van der Waals surface area contributed by atoms with E-state index in [1.54, 1.807) is 47.3 Å². The highest BCUT2D eigenvalue weighted by atomic mass is 35.5. The highest BCUT2D eigenvalue weighted by Crippen LogP contribution is 2.21. The van der Waals surface area contributed by atoms with E-state index in [0.29, 0.717) is 22.3 Å². The van der Waals surface area contributed by atoms with E-state index in [-0.39, 0.29) is 11.6 Å². The Balaban J connectivity index is 1.49. The summed E-state index contributed by atoms with van der Waals surface area (Å²) < 4.78 is 6.70. The molecule has 26 heavy (non-hydrogen) atoms. The normalized spacial score (nSPS) is 10.7. The minimum atomic E-state index is -0.318. The number of rotatable bonds is 4. The second-order valence-corrected chi connectivity index (χ2v) is 5.78. The van der Waals surface area contributed by atoms with Crippen molar-refractivity contribution in [3.63, 3.8) is 0 Å². The molecule has 4 rings (SSSR count). The molecule has 0 fully saturated rings. The SMILES string of the molecule is O=C(Nc1ccc(-c2nnco2)cc1)c1ccn(-c2ccccc2Cl)n1. The summed E-state index contributed by atoms with van der Waals surface area (Å²) in [5, 5.41) is 15.1. The lowest BCUT2D eigenvalue weighted by molar-refractivity contribution is 0.102. The molecular weight excluding hydrogens is 354 g/mol. The standard InChI is InChI=1S/C18H12ClN5O2/c19-14-3-1-2-4-16(14)24-10-9-15(23-24)17(25)21-13-7-5-12(6-8-13)18-22-20-11-26-18/h1-11H,(H,21,25). The molecule has 0 aliphatic rings. The molecule has 0 unspecified atom stereocenters. The van der Waals surface area contributed by atoms with E-state index in [1.807, 2.05) is 18.2 Å². The number of carbonyl (C=O) groups is 1. The van der Waals surface area contributed by atoms with Crippen molar-refractivity contribution in [2.24, 2.45) is 0 Å². The van der Waals surface area contributed by atoms with E-state index >= 15 is 0 Å². The van der Waals surface area contributed by atoms with Crippen LogP contribution < -0.4 is 5.32 Å². The van der Waals surface area contributed by atoms with Crippen LogP contribution in [0.4, 0.5) is 5.69 Å². The van der Waals surface area contributed by atoms with Gasteiger partial charge in [-0.25, -0.2) is 4.68 Å². The first-order valence-electron chi connectivity index (χ1n) is 7.69. The minimum absolute atomic E-state index is 0.283. The smallest absolute Gasteiger partial charge is 0.276 e. The predicted octanol–water partition coefficient (Wildman–Crippen LogP) is 3.83. The first kappa shape index (κ1) is 16.0. The maximum atomic E-state index is 12.4. The molecular formula is C18H12ClN5O2. The summed E-state index contributed by atoms with van der Waals surface area (Å²) in [6, 6.07) is 16.0. The Bertz CT molecular complexity index is 1040. The molecule has 7 nitrogen and oxygen atoms in total. The van der Waals surface area contributed by atoms with Crippen LogP contribution in [-0.4, -0.2) is 25.9 Å². The number of carbonyl (C=O) groups excluding carboxylic acids is 1. The van der Waals surface area contributed by atoms with Gasteiger partial charge in [-0.1, -0.05) is 23.7 Å². The fourth-order valence-corrected chi connectivity index (χ4v) is 2.63. The van der Waals surface area contributed by atoms with Gasteiger partial charge in [-0.2, -0.15) is 5.10 Å². The van der Waals surface area contributed by atoms with Crippen molar-refractivity contribution in [3.05, 3.63) is 77.9 Å². The zero-order valence-corrected chi connectivity index (χ0v) is 14.1. The molecule has 2 heterocycles. The Morgan fingerprint density at radius 2 is 1.88 bits per heavy atom. The quantitative estimate of drug-likeness (QED) is 0.594. The van der Waals surface area contributed by atoms with Gasteiger partial charge in [-0.05, 0) is 42.5 Å². The van der Waals surface area contributed by atoms with Crippen molar-refractivity contribution in [3.8, 4) is 17.1 Å². The largest absolute Gasteiger partial charge is 0.423 e. The summed E-state index contributed by atoms with van der Waals surface area (Å²) in [6.45, 7) is 0. The molecule has 4 aromatic rings. The predicted molar refractivity (Wildman–Crippen MR) is 96.3 cm³/mol. The number of halogens is 1. The maximum absolute atomic E-state index is 12.4. The van der Waals surface area contributed by atoms with E-state index < -0.39 is 0 Å². The summed E-state index contributed by atoms with van der Waals surface area (Å²) in [6.07, 6.45) is 2.95. The second kappa shape index (κ2) is 6.81. The topological polar surface area (TPSA) is 85.8 Å². The number of hydrogen-bond acceptors (Lipinski definition) is 5. The van der Waals surface area contributed by atoms with Gasteiger partial charge in [0, 0.05) is 17.4 Å². The van der Waals surface area contributed by atoms with E-state index in [9.17, 15) is 4.79 Å². The molecule has 2 aromatic carbocycles. The molecule has 8 heteroatoms. The highest BCUT2D eigenvalue weighted by Gasteiger charge is 2.12. The summed E-state index contributed by atoms with van der Waals surface area (Å²) in [5.41, 5.74) is 2.39. The molecule has 0 bridgehead atoms. The average Bonchev–Trinajstić information content (AvgIpc) is 3.35. The molecule has 0 spiro atoms. The van der Waals surface area contributed by atoms with Gasteiger partial charge in [-0.3, -0.25) is 4.79 Å². The van der Waals surface area contributed by atoms with Gasteiger partial charge in [0.2, 0.25) is 12.3 Å². The Kier molecular flexibility index (Phi) is 4.20. The van der Waals surface area contributed by atoms with E-state index in [2.05, 4.69) is 20.6 Å². The molecule has 0 aliphatic heterocycles. The van der Waals surface area contributed by atoms with Crippen molar-refractivity contribution in [2.75, 3.05) is 5.32 Å². The summed E-state index contributed by atoms with van der Waals surface area (Å²) >= 11 is 6.16. The Morgan fingerprint density at radius 3 is 2.62 bits per heavy atom. The first-order valence-corrected chi connectivity index (χ1v) is 8.07. The number of anilines is 1. The number of para-hydroxylation sites is 1. The van der Waals surface area contributed by atoms with Crippen LogP contribution in [0.3, 0.4) is 0 Å². The third kappa shape index (κ3) is 3.20. The van der Waals surface area contributed by atoms with Crippen LogP contribution >= 0.6 is 11.6 Å². The summed E-state index contributed by atoms with van der Waals surface area (Å²) in [7, 11) is 0. The summed E-state index contributed by atoms with van der Waals surface area (Å²) in [4.78, 5) is 12.4. The lowest BCUT2D eigenvalue weighted by atomic mass is 10.2. The fourth-order valence-electron chi connectivity index (χ4n) is 2.41. The van der Waals surface area contributed by atoms with Crippen molar-refractivity contribution in [1.29, 1.82) is 0 Å². The Hall–Kier alpha value is -3.45. The molecule has 2 aromatic heterocycles. The van der Waals surface area contributed by atoms with Gasteiger partial charge in [0.15, 0.2) is 5.69 Å². The third-order valence-corrected chi connectivity index (χ3v) is 3.99. The second-order valence-electron chi connectivity index (χ2n) is 5.37. The first-order chi connectivity index (χ1) is 12.7. The summed E-state index contributed by atoms with van der Waals surface area (Å²) in [5.74, 6) is 0.0997. The van der Waals surface area contributed by atoms with Crippen molar-refractivity contribution >= 4 is 23.2 Å². The van der Waals surface area contributed by atoms with Gasteiger partial charge in [-0.15, -0.1) is 10.2 Å². The van der Waals surface area contributed by atoms with E-state index in [0.717, 1.165) is 5.56 Å². The van der Waals surface area contributed by atoms with Crippen molar-refractivity contribution < 1.29 is 9.21 Å². The van der Waals surface area contributed by atoms with Crippen LogP contribution in [0.15, 0.2) is 71.6 Å². The number of nitrogens with zero attached hydrogens (tertiary/aromatic N) is 4. The molecule has 0 atom stereocenters. The van der Waals surface area contributed by atoms with Crippen LogP contribution in [0.5, 0.6) is 0 Å². The number of hydrogen-bond donors (Lipinski definition) is 1. The number of aromatic nitrogens is 4. The van der Waals surface area contributed by atoms with Crippen LogP contribution in [0, 0.1) is 0 Å². The minimum Gasteiger partial charge on any atom is -0.423 e. The van der Waals surface area contributed by atoms with E-state index in [1.165, 1.54) is 6.39 Å². The number of amides is 1. The van der Waals surface area contributed by atoms with Crippen LogP contribution in [0.1, 0.15) is 10.5 Å². The Labute approximate surface area is 153 Å². The molecule has 1 N–H and O–H groups in total. The molecule has 1 amide bonds. The van der Waals surface area contributed by atoms with Crippen LogP contribution in [-0.2, 0) is 0 Å². The average molecular weight is 366 g/mol. The number of nitrogens with one attached hydrogen (secondary N) is 1. The zero-order chi connectivity index (χ0) is 17.9. The lowest BCUT2D eigenvalue weighted by Gasteiger charge is -2.05. The third-order valence-electron chi connectivity index (χ3n) is 3.67. The van der Waals surface area contributed by atoms with Crippen molar-refractivity contribution in [2.45, 2.75) is 0 Å². The van der Waals surface area contributed by atoms with Gasteiger partial charge >= 0.3 is 0 Å². The van der Waals surface area contributed by atoms with Gasteiger partial charge in [0.05, 0.1) is 10.7 Å². The molecule has 0 aliphatic carbocycles. The molecule has 0 saturated carbocycles. The lowest BCUT2D eigenvalue weighted by Crippen LogP contribution is -2.13. The van der Waals surface area contributed by atoms with Gasteiger partial charge < -0.3 is 9.73 Å². The monoisotopic (exact) mass is 365 g/mol. The van der Waals surface area contributed by atoms with Crippen molar-refractivity contribution in [1.82, 2.24) is 20.0 Å². The van der Waals surface area contributed by atoms with Crippen LogP contribution in [0.25, 0.3) is 17.1 Å². The van der Waals surface area contributed by atoms with Gasteiger partial charge in [0.25, 0.3) is 5.91 Å². The van der Waals surface area contributed by atoms with Gasteiger partial charge in [0.1, 0.15) is 0 Å². The zero-order valence-electron chi connectivity index (χ0n) is 13.3. The van der Waals surface area contributed by atoms with Crippen LogP contribution in [0.2, 0.25) is 5.02 Å². The van der Waals surface area contributed by atoms with E-state index in [4.69, 9.17) is 16.0 Å². The fraction of sp³-hybridized carbons (Fsp3) is 0. The molecule has 128 valence electrons. The molecule has 0 saturated heterocycles. The molecule has 0 radical (unpaired) electrons.